The van der Waals surface area contributed by atoms with E-state index in [1.54, 1.807) is 7.11 Å². The summed E-state index contributed by atoms with van der Waals surface area (Å²) in [6.45, 7) is 2.25. The maximum atomic E-state index is 5.25. The molecule has 0 atom stereocenters. The van der Waals surface area contributed by atoms with E-state index in [-0.39, 0.29) is 0 Å². The number of benzene rings is 1. The van der Waals surface area contributed by atoms with E-state index in [4.69, 9.17) is 4.74 Å². The molecule has 2 rings (SSSR count). The van der Waals surface area contributed by atoms with Crippen molar-refractivity contribution < 1.29 is 4.74 Å². The minimum absolute atomic E-state index is 0.682. The van der Waals surface area contributed by atoms with Crippen molar-refractivity contribution in [2.24, 2.45) is 0 Å². The summed E-state index contributed by atoms with van der Waals surface area (Å²) in [4.78, 5) is 2.43. The van der Waals surface area contributed by atoms with Crippen LogP contribution in [0.4, 0.5) is 5.69 Å². The summed E-state index contributed by atoms with van der Waals surface area (Å²) in [5.41, 5.74) is 1.27. The molecule has 1 aliphatic heterocycles. The minimum Gasteiger partial charge on any atom is -0.497 e. The van der Waals surface area contributed by atoms with Gasteiger partial charge in [0, 0.05) is 30.9 Å². The number of hydrogen-bond acceptors (Lipinski definition) is 3. The van der Waals surface area contributed by atoms with Gasteiger partial charge < -0.3 is 15.0 Å². The Bertz CT molecular complexity index is 332. The quantitative estimate of drug-likeness (QED) is 0.842. The van der Waals surface area contributed by atoms with Gasteiger partial charge in [-0.05, 0) is 32.0 Å². The molecule has 16 heavy (non-hydrogen) atoms. The molecule has 1 fully saturated rings. The molecule has 3 nitrogen and oxygen atoms in total. The van der Waals surface area contributed by atoms with Crippen LogP contribution in [0.3, 0.4) is 0 Å². The first-order valence-electron chi connectivity index (χ1n) is 5.89. The molecule has 0 bridgehead atoms. The van der Waals surface area contributed by atoms with E-state index in [1.807, 2.05) is 13.1 Å². The molecular weight excluding hydrogens is 200 g/mol. The summed E-state index contributed by atoms with van der Waals surface area (Å²) in [7, 11) is 3.76. The van der Waals surface area contributed by atoms with Gasteiger partial charge in [0.1, 0.15) is 5.75 Å². The van der Waals surface area contributed by atoms with Crippen LogP contribution in [0.5, 0.6) is 5.75 Å². The van der Waals surface area contributed by atoms with Gasteiger partial charge in [-0.3, -0.25) is 0 Å². The van der Waals surface area contributed by atoms with Gasteiger partial charge in [0.25, 0.3) is 0 Å². The molecule has 1 heterocycles. The lowest BCUT2D eigenvalue weighted by atomic mass is 10.0. The fraction of sp³-hybridized carbons (Fsp3) is 0.538. The average molecular weight is 220 g/mol. The van der Waals surface area contributed by atoms with Crippen LogP contribution in [-0.2, 0) is 0 Å². The fourth-order valence-electron chi connectivity index (χ4n) is 2.23. The molecule has 1 N–H and O–H groups in total. The fourth-order valence-corrected chi connectivity index (χ4v) is 2.23. The third-order valence-corrected chi connectivity index (χ3v) is 3.32. The van der Waals surface area contributed by atoms with Gasteiger partial charge in [-0.1, -0.05) is 6.07 Å². The van der Waals surface area contributed by atoms with Crippen LogP contribution in [0, 0.1) is 0 Å². The number of hydrogen-bond donors (Lipinski definition) is 1. The summed E-state index contributed by atoms with van der Waals surface area (Å²) in [5, 5.41) is 3.35. The Hall–Kier alpha value is -1.22. The minimum atomic E-state index is 0.682. The lowest BCUT2D eigenvalue weighted by Crippen LogP contribution is -2.41. The van der Waals surface area contributed by atoms with Crippen molar-refractivity contribution in [3.05, 3.63) is 24.3 Å². The van der Waals surface area contributed by atoms with Gasteiger partial charge in [-0.25, -0.2) is 0 Å². The van der Waals surface area contributed by atoms with Crippen LogP contribution < -0.4 is 15.0 Å². The molecule has 0 spiro atoms. The number of ether oxygens (including phenoxy) is 1. The third-order valence-electron chi connectivity index (χ3n) is 3.32. The first kappa shape index (κ1) is 11.3. The van der Waals surface area contributed by atoms with Crippen LogP contribution in [0.15, 0.2) is 24.3 Å². The predicted molar refractivity (Wildman–Crippen MR) is 67.3 cm³/mol. The second-order valence-electron chi connectivity index (χ2n) is 4.25. The first-order valence-corrected chi connectivity index (χ1v) is 5.89. The van der Waals surface area contributed by atoms with Crippen LogP contribution in [0.1, 0.15) is 12.8 Å². The van der Waals surface area contributed by atoms with Crippen LogP contribution in [0.25, 0.3) is 0 Å². The summed E-state index contributed by atoms with van der Waals surface area (Å²) < 4.78 is 5.25. The van der Waals surface area contributed by atoms with Crippen molar-refractivity contribution in [2.75, 3.05) is 32.1 Å². The number of nitrogens with one attached hydrogen (secondary N) is 1. The Morgan fingerprint density at radius 2 is 2.06 bits per heavy atom. The van der Waals surface area contributed by atoms with E-state index in [0.29, 0.717) is 6.04 Å². The average Bonchev–Trinajstić information content (AvgIpc) is 2.39. The molecule has 1 aromatic carbocycles. The maximum Gasteiger partial charge on any atom is 0.120 e. The Morgan fingerprint density at radius 1 is 1.31 bits per heavy atom. The second kappa shape index (κ2) is 5.21. The molecule has 0 unspecified atom stereocenters. The number of anilines is 1. The van der Waals surface area contributed by atoms with Crippen LogP contribution in [-0.4, -0.2) is 33.3 Å². The van der Waals surface area contributed by atoms with E-state index in [2.05, 4.69) is 28.4 Å². The third kappa shape index (κ3) is 2.47. The highest BCUT2D eigenvalue weighted by Crippen LogP contribution is 2.23. The zero-order valence-corrected chi connectivity index (χ0v) is 10.1. The summed E-state index contributed by atoms with van der Waals surface area (Å²) in [6.07, 6.45) is 2.43. The predicted octanol–water partition coefficient (Wildman–Crippen LogP) is 1.88. The van der Waals surface area contributed by atoms with Crippen molar-refractivity contribution >= 4 is 5.69 Å². The molecule has 0 aromatic heterocycles. The highest BCUT2D eigenvalue weighted by atomic mass is 16.5. The van der Waals surface area contributed by atoms with Crippen LogP contribution >= 0.6 is 0 Å². The molecule has 0 aliphatic carbocycles. The van der Waals surface area contributed by atoms with Gasteiger partial charge >= 0.3 is 0 Å². The number of piperidine rings is 1. The van der Waals surface area contributed by atoms with Crippen molar-refractivity contribution in [3.8, 4) is 5.75 Å². The maximum absolute atomic E-state index is 5.25. The molecule has 88 valence electrons. The van der Waals surface area contributed by atoms with E-state index < -0.39 is 0 Å². The standard InChI is InChI=1S/C13H20N2O/c1-14-11-6-8-15(9-7-11)12-4-3-5-13(10-12)16-2/h3-5,10-11,14H,6-9H2,1-2H3. The Balaban J connectivity index is 2.02. The van der Waals surface area contributed by atoms with Gasteiger partial charge in [-0.15, -0.1) is 0 Å². The molecule has 3 heteroatoms. The van der Waals surface area contributed by atoms with Crippen LogP contribution in [0.2, 0.25) is 0 Å². The molecule has 1 saturated heterocycles. The van der Waals surface area contributed by atoms with Gasteiger partial charge in [0.15, 0.2) is 0 Å². The number of methoxy groups -OCH3 is 1. The van der Waals surface area contributed by atoms with Crippen molar-refractivity contribution in [2.45, 2.75) is 18.9 Å². The van der Waals surface area contributed by atoms with Crippen molar-refractivity contribution in [1.29, 1.82) is 0 Å². The molecule has 1 aliphatic rings. The smallest absolute Gasteiger partial charge is 0.120 e. The lowest BCUT2D eigenvalue weighted by Gasteiger charge is -2.33. The molecule has 1 aromatic rings. The summed E-state index contributed by atoms with van der Waals surface area (Å²) >= 11 is 0. The van der Waals surface area contributed by atoms with Gasteiger partial charge in [0.2, 0.25) is 0 Å². The number of nitrogens with zero attached hydrogens (tertiary/aromatic N) is 1. The van der Waals surface area contributed by atoms with Crippen molar-refractivity contribution in [3.63, 3.8) is 0 Å². The first-order chi connectivity index (χ1) is 7.83. The topological polar surface area (TPSA) is 24.5 Å². The lowest BCUT2D eigenvalue weighted by molar-refractivity contribution is 0.413. The molecule has 0 amide bonds. The SMILES string of the molecule is CNC1CCN(c2cccc(OC)c2)CC1. The van der Waals surface area contributed by atoms with E-state index in [1.165, 1.54) is 18.5 Å². The molecular formula is C13H20N2O. The largest absolute Gasteiger partial charge is 0.497 e. The summed E-state index contributed by atoms with van der Waals surface area (Å²) in [6, 6.07) is 8.99. The zero-order chi connectivity index (χ0) is 11.4. The highest BCUT2D eigenvalue weighted by Gasteiger charge is 2.17. The normalized spacial score (nSPS) is 17.5. The Kier molecular flexibility index (Phi) is 3.67. The van der Waals surface area contributed by atoms with Crippen molar-refractivity contribution in [1.82, 2.24) is 5.32 Å². The van der Waals surface area contributed by atoms with E-state index in [0.717, 1.165) is 18.8 Å². The zero-order valence-electron chi connectivity index (χ0n) is 10.1. The summed E-state index contributed by atoms with van der Waals surface area (Å²) in [5.74, 6) is 0.938. The molecule has 0 saturated carbocycles. The number of rotatable bonds is 3. The highest BCUT2D eigenvalue weighted by molar-refractivity contribution is 5.51. The van der Waals surface area contributed by atoms with E-state index in [9.17, 15) is 0 Å². The monoisotopic (exact) mass is 220 g/mol. The van der Waals surface area contributed by atoms with Gasteiger partial charge in [-0.2, -0.15) is 0 Å². The van der Waals surface area contributed by atoms with E-state index >= 15 is 0 Å². The Morgan fingerprint density at radius 3 is 2.69 bits per heavy atom. The molecule has 0 radical (unpaired) electrons. The Labute approximate surface area is 97.4 Å². The van der Waals surface area contributed by atoms with Gasteiger partial charge in [0.05, 0.1) is 7.11 Å². The second-order valence-corrected chi connectivity index (χ2v) is 4.25.